The number of carbonyl (C=O) groups is 1. The summed E-state index contributed by atoms with van der Waals surface area (Å²) in [5.41, 5.74) is 0.281. The number of hydrogen-bond donors (Lipinski definition) is 1. The van der Waals surface area contributed by atoms with Crippen molar-refractivity contribution >= 4 is 34.8 Å². The van der Waals surface area contributed by atoms with E-state index in [2.05, 4.69) is 10.4 Å². The van der Waals surface area contributed by atoms with Crippen LogP contribution in [0.5, 0.6) is 0 Å². The molecule has 0 unspecified atom stereocenters. The fourth-order valence-corrected chi connectivity index (χ4v) is 2.66. The maximum absolute atomic E-state index is 12.3. The van der Waals surface area contributed by atoms with Crippen molar-refractivity contribution in [3.8, 4) is 5.69 Å². The highest BCUT2D eigenvalue weighted by Gasteiger charge is 2.19. The van der Waals surface area contributed by atoms with Crippen molar-refractivity contribution in [1.82, 2.24) is 20.0 Å². The summed E-state index contributed by atoms with van der Waals surface area (Å²) in [5.74, 6) is -0.252. The molecule has 1 aromatic heterocycles. The minimum Gasteiger partial charge on any atom is -0.339 e. The van der Waals surface area contributed by atoms with Crippen LogP contribution in [0.2, 0.25) is 10.0 Å². The summed E-state index contributed by atoms with van der Waals surface area (Å²) in [5, 5.41) is 18.1. The van der Waals surface area contributed by atoms with Gasteiger partial charge in [-0.05, 0) is 13.1 Å². The van der Waals surface area contributed by atoms with Gasteiger partial charge in [-0.2, -0.15) is 5.10 Å². The molecule has 0 aliphatic rings. The third-order valence-electron chi connectivity index (χ3n) is 3.29. The van der Waals surface area contributed by atoms with E-state index in [9.17, 15) is 14.9 Å². The number of amides is 1. The molecule has 0 bridgehead atoms. The van der Waals surface area contributed by atoms with Gasteiger partial charge in [-0.1, -0.05) is 23.2 Å². The summed E-state index contributed by atoms with van der Waals surface area (Å²) in [6, 6.07) is 3.91. The van der Waals surface area contributed by atoms with Crippen LogP contribution in [-0.4, -0.2) is 52.7 Å². The number of benzene rings is 1. The van der Waals surface area contributed by atoms with Crippen LogP contribution in [-0.2, 0) is 0 Å². The molecule has 1 aromatic carbocycles. The lowest BCUT2D eigenvalue weighted by Gasteiger charge is -2.15. The first-order valence-electron chi connectivity index (χ1n) is 6.94. The fourth-order valence-electron chi connectivity index (χ4n) is 2.02. The molecule has 1 heterocycles. The molecule has 24 heavy (non-hydrogen) atoms. The molecule has 0 saturated carbocycles. The SMILES string of the molecule is CNCCN(C)C(=O)c1ccn(-c2c(Cl)cc([N+](=O)[O-])cc2Cl)n1. The van der Waals surface area contributed by atoms with Gasteiger partial charge in [0.05, 0.1) is 15.0 Å². The number of nitro groups is 1. The Bertz CT molecular complexity index is 755. The Morgan fingerprint density at radius 2 is 2.04 bits per heavy atom. The van der Waals surface area contributed by atoms with Crippen LogP contribution >= 0.6 is 23.2 Å². The third kappa shape index (κ3) is 3.84. The summed E-state index contributed by atoms with van der Waals surface area (Å²) in [7, 11) is 3.47. The van der Waals surface area contributed by atoms with E-state index in [4.69, 9.17) is 23.2 Å². The molecule has 1 N–H and O–H groups in total. The largest absolute Gasteiger partial charge is 0.339 e. The Kier molecular flexibility index (Phi) is 5.76. The summed E-state index contributed by atoms with van der Waals surface area (Å²) >= 11 is 12.2. The summed E-state index contributed by atoms with van der Waals surface area (Å²) in [6.07, 6.45) is 1.53. The second-order valence-corrected chi connectivity index (χ2v) is 5.81. The average molecular weight is 372 g/mol. The Morgan fingerprint density at radius 1 is 1.42 bits per heavy atom. The van der Waals surface area contributed by atoms with Gasteiger partial charge in [0.2, 0.25) is 0 Å². The summed E-state index contributed by atoms with van der Waals surface area (Å²) in [6.45, 7) is 1.18. The van der Waals surface area contributed by atoms with Gasteiger partial charge in [0.25, 0.3) is 11.6 Å². The second kappa shape index (κ2) is 7.61. The number of nitro benzene ring substituents is 1. The van der Waals surface area contributed by atoms with Gasteiger partial charge in [0.15, 0.2) is 5.69 Å². The van der Waals surface area contributed by atoms with Gasteiger partial charge < -0.3 is 10.2 Å². The topological polar surface area (TPSA) is 93.3 Å². The number of nitrogens with one attached hydrogen (secondary N) is 1. The van der Waals surface area contributed by atoms with E-state index in [1.54, 1.807) is 14.1 Å². The molecule has 0 atom stereocenters. The van der Waals surface area contributed by atoms with E-state index >= 15 is 0 Å². The van der Waals surface area contributed by atoms with Crippen molar-refractivity contribution < 1.29 is 9.72 Å². The Labute approximate surface area is 148 Å². The third-order valence-corrected chi connectivity index (χ3v) is 3.87. The van der Waals surface area contributed by atoms with Crippen molar-refractivity contribution in [3.05, 3.63) is 50.2 Å². The summed E-state index contributed by atoms with van der Waals surface area (Å²) < 4.78 is 1.33. The molecule has 0 spiro atoms. The number of nitrogens with zero attached hydrogens (tertiary/aromatic N) is 4. The van der Waals surface area contributed by atoms with Crippen molar-refractivity contribution in [1.29, 1.82) is 0 Å². The standard InChI is InChI=1S/C14H15Cl2N5O3/c1-17-4-6-19(2)14(22)12-3-5-20(18-12)13-10(15)7-9(21(23)24)8-11(13)16/h3,5,7-8,17H,4,6H2,1-2H3. The molecule has 2 aromatic rings. The zero-order chi connectivity index (χ0) is 17.9. The molecule has 0 radical (unpaired) electrons. The molecule has 0 fully saturated rings. The maximum atomic E-state index is 12.3. The van der Waals surface area contributed by atoms with Crippen molar-refractivity contribution in [2.45, 2.75) is 0 Å². The van der Waals surface area contributed by atoms with E-state index in [0.717, 1.165) is 0 Å². The predicted octanol–water partition coefficient (Wildman–Crippen LogP) is 2.38. The van der Waals surface area contributed by atoms with E-state index in [0.29, 0.717) is 13.1 Å². The Balaban J connectivity index is 2.31. The first kappa shape index (κ1) is 18.2. The smallest absolute Gasteiger partial charge is 0.274 e. The quantitative estimate of drug-likeness (QED) is 0.621. The molecule has 8 nitrogen and oxygen atoms in total. The zero-order valence-electron chi connectivity index (χ0n) is 13.0. The molecular weight excluding hydrogens is 357 g/mol. The van der Waals surface area contributed by atoms with Gasteiger partial charge in [0, 0.05) is 38.5 Å². The maximum Gasteiger partial charge on any atom is 0.274 e. The fraction of sp³-hybridized carbons (Fsp3) is 0.286. The molecule has 0 saturated heterocycles. The molecule has 1 amide bonds. The van der Waals surface area contributed by atoms with Crippen LogP contribution < -0.4 is 5.32 Å². The van der Waals surface area contributed by atoms with Crippen molar-refractivity contribution in [2.24, 2.45) is 0 Å². The normalized spacial score (nSPS) is 10.7. The monoisotopic (exact) mass is 371 g/mol. The van der Waals surface area contributed by atoms with E-state index in [-0.39, 0.29) is 33.0 Å². The lowest BCUT2D eigenvalue weighted by Crippen LogP contribution is -2.33. The highest BCUT2D eigenvalue weighted by molar-refractivity contribution is 6.38. The highest BCUT2D eigenvalue weighted by atomic mass is 35.5. The number of halogens is 2. The molecule has 0 aliphatic heterocycles. The average Bonchev–Trinajstić information content (AvgIpc) is 3.00. The number of aromatic nitrogens is 2. The van der Waals surface area contributed by atoms with Gasteiger partial charge in [-0.15, -0.1) is 0 Å². The molecule has 128 valence electrons. The van der Waals surface area contributed by atoms with E-state index in [1.165, 1.54) is 34.0 Å². The summed E-state index contributed by atoms with van der Waals surface area (Å²) in [4.78, 5) is 24.0. The van der Waals surface area contributed by atoms with Crippen molar-refractivity contribution in [2.75, 3.05) is 27.2 Å². The van der Waals surface area contributed by atoms with Gasteiger partial charge >= 0.3 is 0 Å². The lowest BCUT2D eigenvalue weighted by atomic mass is 10.3. The van der Waals surface area contributed by atoms with Crippen LogP contribution in [0.15, 0.2) is 24.4 Å². The minimum absolute atomic E-state index is 0.0693. The first-order chi connectivity index (χ1) is 11.3. The lowest BCUT2D eigenvalue weighted by molar-refractivity contribution is -0.384. The van der Waals surface area contributed by atoms with Crippen LogP contribution in [0.25, 0.3) is 5.69 Å². The van der Waals surface area contributed by atoms with E-state index < -0.39 is 4.92 Å². The Hall–Kier alpha value is -2.16. The molecule has 0 aliphatic carbocycles. The number of hydrogen-bond acceptors (Lipinski definition) is 5. The van der Waals surface area contributed by atoms with Crippen molar-refractivity contribution in [3.63, 3.8) is 0 Å². The number of likely N-dealkylation sites (N-methyl/N-ethyl adjacent to an activating group) is 2. The second-order valence-electron chi connectivity index (χ2n) is 4.99. The molecule has 2 rings (SSSR count). The Morgan fingerprint density at radius 3 is 2.58 bits per heavy atom. The van der Waals surface area contributed by atoms with Gasteiger partial charge in [0.1, 0.15) is 5.69 Å². The molecular formula is C14H15Cl2N5O3. The van der Waals surface area contributed by atoms with Crippen LogP contribution in [0.4, 0.5) is 5.69 Å². The highest BCUT2D eigenvalue weighted by Crippen LogP contribution is 2.32. The number of non-ortho nitro benzene ring substituents is 1. The molecule has 10 heteroatoms. The van der Waals surface area contributed by atoms with Gasteiger partial charge in [-0.25, -0.2) is 4.68 Å². The van der Waals surface area contributed by atoms with Crippen LogP contribution in [0.3, 0.4) is 0 Å². The van der Waals surface area contributed by atoms with Crippen LogP contribution in [0.1, 0.15) is 10.5 Å². The number of carbonyl (C=O) groups excluding carboxylic acids is 1. The number of rotatable bonds is 6. The van der Waals surface area contributed by atoms with Crippen LogP contribution in [0, 0.1) is 10.1 Å². The van der Waals surface area contributed by atoms with Gasteiger partial charge in [-0.3, -0.25) is 14.9 Å². The van der Waals surface area contributed by atoms with E-state index in [1.807, 2.05) is 0 Å². The predicted molar refractivity (Wildman–Crippen MR) is 91.1 cm³/mol. The zero-order valence-corrected chi connectivity index (χ0v) is 14.5. The minimum atomic E-state index is -0.587. The first-order valence-corrected chi connectivity index (χ1v) is 7.70.